The van der Waals surface area contributed by atoms with Gasteiger partial charge >= 0.3 is 0 Å². The summed E-state index contributed by atoms with van der Waals surface area (Å²) in [6, 6.07) is 19.9. The Bertz CT molecular complexity index is 1200. The number of aromatic nitrogens is 3. The Balaban J connectivity index is 1.45. The summed E-state index contributed by atoms with van der Waals surface area (Å²) in [5.41, 5.74) is 4.00. The van der Waals surface area contributed by atoms with Crippen LogP contribution in [0.4, 0.5) is 0 Å². The summed E-state index contributed by atoms with van der Waals surface area (Å²) in [7, 11) is 2.09. The summed E-state index contributed by atoms with van der Waals surface area (Å²) >= 11 is 0. The first-order chi connectivity index (χ1) is 15.2. The number of pyridine rings is 1. The highest BCUT2D eigenvalue weighted by molar-refractivity contribution is 5.93. The average Bonchev–Trinajstić information content (AvgIpc) is 3.29. The number of likely N-dealkylation sites (N-methyl/N-ethyl adjacent to an activating group) is 1. The number of hydrogen-bond acceptors (Lipinski definition) is 4. The zero-order chi connectivity index (χ0) is 21.2. The maximum Gasteiger partial charge on any atom is 0.227 e. The van der Waals surface area contributed by atoms with E-state index in [4.69, 9.17) is 4.98 Å². The lowest BCUT2D eigenvalue weighted by atomic mass is 10.1. The van der Waals surface area contributed by atoms with Crippen LogP contribution in [0.2, 0.25) is 0 Å². The fraction of sp³-hybridized carbons (Fsp3) is 0.240. The quantitative estimate of drug-likeness (QED) is 0.556. The average molecular weight is 412 g/mol. The molecule has 0 spiro atoms. The lowest BCUT2D eigenvalue weighted by Gasteiger charge is -2.39. The van der Waals surface area contributed by atoms with Crippen molar-refractivity contribution in [2.45, 2.75) is 12.5 Å². The number of hydrogen-bond donors (Lipinski definition) is 1. The van der Waals surface area contributed by atoms with Gasteiger partial charge < -0.3 is 14.8 Å². The van der Waals surface area contributed by atoms with E-state index >= 15 is 0 Å². The molecule has 1 atom stereocenters. The van der Waals surface area contributed by atoms with Crippen molar-refractivity contribution in [2.24, 2.45) is 0 Å². The molecule has 2 aromatic carbocycles. The molecule has 1 aliphatic heterocycles. The van der Waals surface area contributed by atoms with Crippen molar-refractivity contribution in [3.8, 4) is 11.3 Å². The molecule has 3 heterocycles. The number of amides is 1. The van der Waals surface area contributed by atoms with Gasteiger partial charge in [0.25, 0.3) is 0 Å². The second-order valence-electron chi connectivity index (χ2n) is 8.09. The number of nitrogens with zero attached hydrogens (tertiary/aromatic N) is 4. The van der Waals surface area contributed by atoms with Crippen LogP contribution in [0.25, 0.3) is 22.2 Å². The van der Waals surface area contributed by atoms with Crippen molar-refractivity contribution in [1.82, 2.24) is 24.8 Å². The van der Waals surface area contributed by atoms with Gasteiger partial charge in [-0.2, -0.15) is 0 Å². The molecule has 4 aromatic rings. The first-order valence-electron chi connectivity index (χ1n) is 10.6. The second-order valence-corrected chi connectivity index (χ2v) is 8.09. The smallest absolute Gasteiger partial charge is 0.227 e. The van der Waals surface area contributed by atoms with Crippen LogP contribution in [0.5, 0.6) is 0 Å². The zero-order valence-electron chi connectivity index (χ0n) is 17.5. The number of piperazine rings is 1. The minimum Gasteiger partial charge on any atom is -0.340 e. The summed E-state index contributed by atoms with van der Waals surface area (Å²) in [5.74, 6) is 0.959. The molecule has 5 rings (SSSR count). The maximum absolute atomic E-state index is 13.2. The minimum absolute atomic E-state index is 0.100. The SMILES string of the molecule is CN1CCN(C(=O)Cc2ccccc2)C(c2ncc(-c3cccc4ncccc34)[nH]2)C1. The molecular weight excluding hydrogens is 386 g/mol. The third kappa shape index (κ3) is 3.94. The van der Waals surface area contributed by atoms with Crippen LogP contribution in [0.3, 0.4) is 0 Å². The summed E-state index contributed by atoms with van der Waals surface area (Å²) in [4.78, 5) is 30.0. The third-order valence-electron chi connectivity index (χ3n) is 5.95. The number of benzene rings is 2. The summed E-state index contributed by atoms with van der Waals surface area (Å²) in [6.45, 7) is 2.31. The number of rotatable bonds is 4. The van der Waals surface area contributed by atoms with Gasteiger partial charge in [0, 0.05) is 36.8 Å². The molecule has 31 heavy (non-hydrogen) atoms. The van der Waals surface area contributed by atoms with Crippen molar-refractivity contribution < 1.29 is 4.79 Å². The molecule has 0 aliphatic carbocycles. The highest BCUT2D eigenvalue weighted by Crippen LogP contribution is 2.29. The van der Waals surface area contributed by atoms with Crippen molar-refractivity contribution >= 4 is 16.8 Å². The number of carbonyl (C=O) groups excluding carboxylic acids is 1. The number of aromatic amines is 1. The first kappa shape index (κ1) is 19.5. The molecule has 6 heteroatoms. The first-order valence-corrected chi connectivity index (χ1v) is 10.6. The van der Waals surface area contributed by atoms with Gasteiger partial charge in [0.1, 0.15) is 11.9 Å². The molecule has 1 amide bonds. The topological polar surface area (TPSA) is 65.1 Å². The Morgan fingerprint density at radius 2 is 1.90 bits per heavy atom. The van der Waals surface area contributed by atoms with Crippen molar-refractivity contribution in [3.05, 3.63) is 84.4 Å². The van der Waals surface area contributed by atoms with Crippen LogP contribution in [-0.4, -0.2) is 57.3 Å². The van der Waals surface area contributed by atoms with Gasteiger partial charge in [-0.05, 0) is 24.7 Å². The third-order valence-corrected chi connectivity index (χ3v) is 5.95. The molecule has 1 saturated heterocycles. The Hall–Kier alpha value is -3.51. The van der Waals surface area contributed by atoms with E-state index in [-0.39, 0.29) is 11.9 Å². The molecule has 1 unspecified atom stereocenters. The Morgan fingerprint density at radius 1 is 1.03 bits per heavy atom. The predicted octanol–water partition coefficient (Wildman–Crippen LogP) is 3.68. The number of carbonyl (C=O) groups is 1. The van der Waals surface area contributed by atoms with Crippen LogP contribution in [-0.2, 0) is 11.2 Å². The van der Waals surface area contributed by atoms with E-state index in [0.29, 0.717) is 13.0 Å². The normalized spacial score (nSPS) is 17.2. The van der Waals surface area contributed by atoms with Crippen LogP contribution >= 0.6 is 0 Å². The summed E-state index contributed by atoms with van der Waals surface area (Å²) in [6.07, 6.45) is 4.08. The highest BCUT2D eigenvalue weighted by Gasteiger charge is 2.32. The van der Waals surface area contributed by atoms with Crippen molar-refractivity contribution in [2.75, 3.05) is 26.7 Å². The van der Waals surface area contributed by atoms with E-state index in [0.717, 1.165) is 46.6 Å². The second kappa shape index (κ2) is 8.32. The van der Waals surface area contributed by atoms with Gasteiger partial charge in [-0.1, -0.05) is 48.5 Å². The molecule has 2 aromatic heterocycles. The molecule has 0 bridgehead atoms. The standard InChI is InChI=1S/C25H25N5O/c1-29-13-14-30(24(31)15-18-7-3-2-4-8-18)23(17-29)25-27-16-22(28-25)20-9-5-11-21-19(20)10-6-12-26-21/h2-12,16,23H,13-15,17H2,1H3,(H,27,28). The van der Waals surface area contributed by atoms with Gasteiger partial charge in [-0.3, -0.25) is 9.78 Å². The summed E-state index contributed by atoms with van der Waals surface area (Å²) < 4.78 is 0. The van der Waals surface area contributed by atoms with Crippen molar-refractivity contribution in [3.63, 3.8) is 0 Å². The molecule has 0 radical (unpaired) electrons. The molecule has 6 nitrogen and oxygen atoms in total. The van der Waals surface area contributed by atoms with Crippen LogP contribution in [0.1, 0.15) is 17.4 Å². The predicted molar refractivity (Wildman–Crippen MR) is 121 cm³/mol. The number of H-pyrrole nitrogens is 1. The fourth-order valence-electron chi connectivity index (χ4n) is 4.31. The van der Waals surface area contributed by atoms with E-state index in [2.05, 4.69) is 34.0 Å². The van der Waals surface area contributed by atoms with Crippen molar-refractivity contribution in [1.29, 1.82) is 0 Å². The van der Waals surface area contributed by atoms with Gasteiger partial charge in [0.2, 0.25) is 5.91 Å². The zero-order valence-corrected chi connectivity index (χ0v) is 17.5. The van der Waals surface area contributed by atoms with Crippen LogP contribution < -0.4 is 0 Å². The molecule has 0 saturated carbocycles. The minimum atomic E-state index is -0.100. The lowest BCUT2D eigenvalue weighted by Crippen LogP contribution is -2.50. The van der Waals surface area contributed by atoms with E-state index in [1.54, 1.807) is 6.20 Å². The van der Waals surface area contributed by atoms with E-state index in [9.17, 15) is 4.79 Å². The van der Waals surface area contributed by atoms with E-state index < -0.39 is 0 Å². The Morgan fingerprint density at radius 3 is 2.77 bits per heavy atom. The fourth-order valence-corrected chi connectivity index (χ4v) is 4.31. The van der Waals surface area contributed by atoms with Crippen LogP contribution in [0, 0.1) is 0 Å². The van der Waals surface area contributed by atoms with Gasteiger partial charge in [-0.25, -0.2) is 4.98 Å². The van der Waals surface area contributed by atoms with Crippen LogP contribution in [0.15, 0.2) is 73.1 Å². The molecule has 1 fully saturated rings. The lowest BCUT2D eigenvalue weighted by molar-refractivity contribution is -0.135. The van der Waals surface area contributed by atoms with Gasteiger partial charge in [0.05, 0.1) is 23.8 Å². The monoisotopic (exact) mass is 411 g/mol. The van der Waals surface area contributed by atoms with E-state index in [1.807, 2.05) is 59.6 Å². The Labute approximate surface area is 181 Å². The number of imidazole rings is 1. The number of nitrogens with one attached hydrogen (secondary N) is 1. The maximum atomic E-state index is 13.2. The number of fused-ring (bicyclic) bond motifs is 1. The van der Waals surface area contributed by atoms with E-state index in [1.165, 1.54) is 0 Å². The molecule has 1 N–H and O–H groups in total. The molecular formula is C25H25N5O. The Kier molecular flexibility index (Phi) is 5.22. The van der Waals surface area contributed by atoms with Gasteiger partial charge in [0.15, 0.2) is 0 Å². The van der Waals surface area contributed by atoms with Gasteiger partial charge in [-0.15, -0.1) is 0 Å². The molecule has 1 aliphatic rings. The molecule has 156 valence electrons. The highest BCUT2D eigenvalue weighted by atomic mass is 16.2. The summed E-state index contributed by atoms with van der Waals surface area (Å²) in [5, 5.41) is 1.08. The largest absolute Gasteiger partial charge is 0.340 e.